The number of hydrogen-bond donors (Lipinski definition) is 2. The van der Waals surface area contributed by atoms with E-state index in [4.69, 9.17) is 17.0 Å². The molecule has 2 aromatic rings. The molecule has 0 spiro atoms. The Kier molecular flexibility index (Phi) is 4.38. The molecule has 1 aromatic carbocycles. The molecule has 1 aromatic heterocycles. The van der Waals surface area contributed by atoms with Crippen molar-refractivity contribution >= 4 is 34.1 Å². The van der Waals surface area contributed by atoms with Crippen LogP contribution in [-0.4, -0.2) is 35.3 Å². The second kappa shape index (κ2) is 6.23. The van der Waals surface area contributed by atoms with Crippen LogP contribution < -0.4 is 10.6 Å². The van der Waals surface area contributed by atoms with Gasteiger partial charge in [0.2, 0.25) is 0 Å². The summed E-state index contributed by atoms with van der Waals surface area (Å²) in [5.41, 5.74) is 2.58. The van der Waals surface area contributed by atoms with Crippen LogP contribution in [0.4, 0.5) is 5.69 Å². The number of hydrogen-bond acceptors (Lipinski definition) is 4. The smallest absolute Gasteiger partial charge is 0.170 e. The molecule has 0 amide bonds. The minimum absolute atomic E-state index is 0.565. The predicted molar refractivity (Wildman–Crippen MR) is 75.6 cm³/mol. The van der Waals surface area contributed by atoms with Crippen molar-refractivity contribution in [3.8, 4) is 0 Å². The number of ether oxygens (including phenoxy) is 1. The van der Waals surface area contributed by atoms with Gasteiger partial charge in [0.1, 0.15) is 0 Å². The van der Waals surface area contributed by atoms with Gasteiger partial charge in [-0.3, -0.25) is 9.97 Å². The number of fused-ring (bicyclic) bond motifs is 1. The highest BCUT2D eigenvalue weighted by molar-refractivity contribution is 7.80. The Hall–Kier alpha value is -1.79. The van der Waals surface area contributed by atoms with Crippen molar-refractivity contribution in [3.05, 3.63) is 30.6 Å². The third-order valence-electron chi connectivity index (χ3n) is 2.32. The number of thiocarbonyl (C=S) groups is 1. The summed E-state index contributed by atoms with van der Waals surface area (Å²) in [5.74, 6) is 0. The number of benzene rings is 1. The molecule has 6 heteroatoms. The quantitative estimate of drug-likeness (QED) is 0.644. The Balaban J connectivity index is 2.01. The Morgan fingerprint density at radius 1 is 1.28 bits per heavy atom. The first-order valence-corrected chi connectivity index (χ1v) is 5.95. The summed E-state index contributed by atoms with van der Waals surface area (Å²) in [5, 5.41) is 6.69. The van der Waals surface area contributed by atoms with Crippen LogP contribution >= 0.6 is 12.2 Å². The van der Waals surface area contributed by atoms with Gasteiger partial charge in [-0.05, 0) is 30.4 Å². The second-order valence-electron chi connectivity index (χ2n) is 3.63. The van der Waals surface area contributed by atoms with Gasteiger partial charge in [-0.1, -0.05) is 0 Å². The predicted octanol–water partition coefficient (Wildman–Crippen LogP) is 1.56. The molecule has 1 heterocycles. The van der Waals surface area contributed by atoms with Crippen molar-refractivity contribution in [1.29, 1.82) is 0 Å². The van der Waals surface area contributed by atoms with Gasteiger partial charge in [0, 0.05) is 31.7 Å². The van der Waals surface area contributed by atoms with E-state index in [9.17, 15) is 0 Å². The summed E-state index contributed by atoms with van der Waals surface area (Å²) >= 11 is 5.16. The molecule has 0 aliphatic rings. The molecule has 2 N–H and O–H groups in total. The number of nitrogens with one attached hydrogen (secondary N) is 2. The summed E-state index contributed by atoms with van der Waals surface area (Å²) < 4.78 is 4.93. The highest BCUT2D eigenvalue weighted by Gasteiger charge is 2.00. The van der Waals surface area contributed by atoms with Crippen molar-refractivity contribution in [1.82, 2.24) is 15.3 Å². The molecule has 2 rings (SSSR count). The standard InChI is InChI=1S/C12H14N4OS/c1-17-7-6-15-12(18)16-9-2-3-10-11(8-9)14-5-4-13-10/h2-5,8H,6-7H2,1H3,(H2,15,16,18). The third-order valence-corrected chi connectivity index (χ3v) is 2.57. The second-order valence-corrected chi connectivity index (χ2v) is 4.04. The number of rotatable bonds is 4. The average Bonchev–Trinajstić information content (AvgIpc) is 2.39. The van der Waals surface area contributed by atoms with Crippen LogP contribution in [0, 0.1) is 0 Å². The van der Waals surface area contributed by atoms with E-state index in [2.05, 4.69) is 20.6 Å². The van der Waals surface area contributed by atoms with Crippen molar-refractivity contribution in [2.45, 2.75) is 0 Å². The molecular weight excluding hydrogens is 248 g/mol. The topological polar surface area (TPSA) is 59.1 Å². The maximum Gasteiger partial charge on any atom is 0.170 e. The molecule has 0 aliphatic heterocycles. The Labute approximate surface area is 111 Å². The molecule has 0 atom stereocenters. The SMILES string of the molecule is COCCNC(=S)Nc1ccc2nccnc2c1. The molecule has 5 nitrogen and oxygen atoms in total. The highest BCUT2D eigenvalue weighted by atomic mass is 32.1. The lowest BCUT2D eigenvalue weighted by Crippen LogP contribution is -2.31. The van der Waals surface area contributed by atoms with Gasteiger partial charge in [0.15, 0.2) is 5.11 Å². The molecular formula is C12H14N4OS. The van der Waals surface area contributed by atoms with Gasteiger partial charge in [-0.15, -0.1) is 0 Å². The monoisotopic (exact) mass is 262 g/mol. The van der Waals surface area contributed by atoms with Crippen LogP contribution in [0.15, 0.2) is 30.6 Å². The normalized spacial score (nSPS) is 10.3. The lowest BCUT2D eigenvalue weighted by Gasteiger charge is -2.10. The van der Waals surface area contributed by atoms with Crippen LogP contribution in [0.2, 0.25) is 0 Å². The van der Waals surface area contributed by atoms with Crippen LogP contribution in [0.25, 0.3) is 11.0 Å². The van der Waals surface area contributed by atoms with E-state index in [1.807, 2.05) is 18.2 Å². The molecule has 0 fully saturated rings. The zero-order chi connectivity index (χ0) is 12.8. The van der Waals surface area contributed by atoms with Gasteiger partial charge >= 0.3 is 0 Å². The van der Waals surface area contributed by atoms with E-state index in [1.165, 1.54) is 0 Å². The molecule has 0 saturated carbocycles. The maximum absolute atomic E-state index is 5.16. The first-order chi connectivity index (χ1) is 8.79. The van der Waals surface area contributed by atoms with Crippen molar-refractivity contribution in [3.63, 3.8) is 0 Å². The third kappa shape index (κ3) is 3.35. The van der Waals surface area contributed by atoms with Crippen molar-refractivity contribution in [2.75, 3.05) is 25.6 Å². The fourth-order valence-electron chi connectivity index (χ4n) is 1.48. The Morgan fingerprint density at radius 3 is 2.83 bits per heavy atom. The van der Waals surface area contributed by atoms with Crippen molar-refractivity contribution < 1.29 is 4.74 Å². The maximum atomic E-state index is 5.16. The van der Waals surface area contributed by atoms with Crippen molar-refractivity contribution in [2.24, 2.45) is 0 Å². The van der Waals surface area contributed by atoms with Gasteiger partial charge in [-0.2, -0.15) is 0 Å². The minimum atomic E-state index is 0.565. The summed E-state index contributed by atoms with van der Waals surface area (Å²) in [6, 6.07) is 5.73. The van der Waals surface area contributed by atoms with E-state index >= 15 is 0 Å². The molecule has 0 radical (unpaired) electrons. The van der Waals surface area contributed by atoms with Crippen LogP contribution in [0.1, 0.15) is 0 Å². The van der Waals surface area contributed by atoms with E-state index < -0.39 is 0 Å². The van der Waals surface area contributed by atoms with Gasteiger partial charge in [-0.25, -0.2) is 0 Å². The summed E-state index contributed by atoms with van der Waals surface area (Å²) in [4.78, 5) is 8.45. The fraction of sp³-hybridized carbons (Fsp3) is 0.250. The first kappa shape index (κ1) is 12.7. The zero-order valence-electron chi connectivity index (χ0n) is 10.0. The average molecular weight is 262 g/mol. The summed E-state index contributed by atoms with van der Waals surface area (Å²) in [6.45, 7) is 1.29. The number of methoxy groups -OCH3 is 1. The van der Waals surface area contributed by atoms with Gasteiger partial charge in [0.25, 0.3) is 0 Å². The molecule has 18 heavy (non-hydrogen) atoms. The van der Waals surface area contributed by atoms with E-state index in [1.54, 1.807) is 19.5 Å². The molecule has 0 aliphatic carbocycles. The summed E-state index contributed by atoms with van der Waals surface area (Å²) in [7, 11) is 1.65. The Morgan fingerprint density at radius 2 is 2.06 bits per heavy atom. The lowest BCUT2D eigenvalue weighted by atomic mass is 10.2. The fourth-order valence-corrected chi connectivity index (χ4v) is 1.70. The van der Waals surface area contributed by atoms with Crippen LogP contribution in [0.5, 0.6) is 0 Å². The number of aromatic nitrogens is 2. The van der Waals surface area contributed by atoms with Gasteiger partial charge in [0.05, 0.1) is 17.6 Å². The lowest BCUT2D eigenvalue weighted by molar-refractivity contribution is 0.204. The molecule has 0 bridgehead atoms. The summed E-state index contributed by atoms with van der Waals surface area (Å²) in [6.07, 6.45) is 3.34. The van der Waals surface area contributed by atoms with E-state index in [-0.39, 0.29) is 0 Å². The number of nitrogens with zero attached hydrogens (tertiary/aromatic N) is 2. The number of anilines is 1. The molecule has 94 valence electrons. The van der Waals surface area contributed by atoms with Crippen LogP contribution in [-0.2, 0) is 4.74 Å². The molecule has 0 unspecified atom stereocenters. The first-order valence-electron chi connectivity index (χ1n) is 5.54. The highest BCUT2D eigenvalue weighted by Crippen LogP contribution is 2.14. The Bertz CT molecular complexity index is 546. The largest absolute Gasteiger partial charge is 0.383 e. The van der Waals surface area contributed by atoms with Gasteiger partial charge < -0.3 is 15.4 Å². The van der Waals surface area contributed by atoms with E-state index in [0.29, 0.717) is 18.3 Å². The van der Waals surface area contributed by atoms with E-state index in [0.717, 1.165) is 16.7 Å². The van der Waals surface area contributed by atoms with Crippen LogP contribution in [0.3, 0.4) is 0 Å². The minimum Gasteiger partial charge on any atom is -0.383 e. The zero-order valence-corrected chi connectivity index (χ0v) is 10.8. The molecule has 0 saturated heterocycles.